The number of amides is 1. The van der Waals surface area contributed by atoms with E-state index in [0.717, 1.165) is 0 Å². The number of carboxylic acids is 2. The molecule has 1 aliphatic rings. The van der Waals surface area contributed by atoms with E-state index < -0.39 is 29.7 Å². The zero-order valence-electron chi connectivity index (χ0n) is 10.5. The summed E-state index contributed by atoms with van der Waals surface area (Å²) < 4.78 is 0. The van der Waals surface area contributed by atoms with Crippen LogP contribution < -0.4 is 0 Å². The number of hydrogen-bond donors (Lipinski definition) is 2. The van der Waals surface area contributed by atoms with Crippen LogP contribution in [0.2, 0.25) is 0 Å². The first-order chi connectivity index (χ1) is 9.50. The molecule has 8 nitrogen and oxygen atoms in total. The number of carboxylic acid groups (broad SMARTS) is 2. The van der Waals surface area contributed by atoms with E-state index in [0.29, 0.717) is 0 Å². The van der Waals surface area contributed by atoms with Crippen LogP contribution in [0.4, 0.5) is 0 Å². The minimum absolute atomic E-state index is 0.109. The van der Waals surface area contributed by atoms with Crippen LogP contribution in [0.1, 0.15) is 16.9 Å². The second-order valence-corrected chi connectivity index (χ2v) is 4.52. The van der Waals surface area contributed by atoms with Crippen molar-refractivity contribution >= 4 is 17.8 Å². The molecular formula is C12H13N3O5. The topological polar surface area (TPSA) is 121 Å². The van der Waals surface area contributed by atoms with E-state index in [4.69, 9.17) is 10.2 Å². The Morgan fingerprint density at radius 2 is 1.85 bits per heavy atom. The minimum atomic E-state index is -1.21. The molecular weight excluding hydrogens is 266 g/mol. The van der Waals surface area contributed by atoms with E-state index in [9.17, 15) is 14.4 Å². The number of carbonyl (C=O) groups is 3. The molecule has 0 radical (unpaired) electrons. The Bertz CT molecular complexity index is 533. The lowest BCUT2D eigenvalue weighted by Gasteiger charge is -2.34. The summed E-state index contributed by atoms with van der Waals surface area (Å²) in [7, 11) is 0. The molecule has 2 atom stereocenters. The predicted molar refractivity (Wildman–Crippen MR) is 64.8 cm³/mol. The van der Waals surface area contributed by atoms with Gasteiger partial charge in [0.15, 0.2) is 0 Å². The van der Waals surface area contributed by atoms with E-state index in [1.54, 1.807) is 0 Å². The van der Waals surface area contributed by atoms with Crippen molar-refractivity contribution in [3.63, 3.8) is 0 Å². The summed E-state index contributed by atoms with van der Waals surface area (Å²) in [5, 5.41) is 18.1. The normalized spacial score (nSPS) is 22.3. The molecule has 1 aromatic rings. The summed E-state index contributed by atoms with van der Waals surface area (Å²) in [6.45, 7) is 0.0534. The van der Waals surface area contributed by atoms with Crippen molar-refractivity contribution < 1.29 is 24.6 Å². The molecule has 20 heavy (non-hydrogen) atoms. The highest BCUT2D eigenvalue weighted by Crippen LogP contribution is 2.25. The molecule has 0 aliphatic carbocycles. The van der Waals surface area contributed by atoms with Crippen molar-refractivity contribution in [3.8, 4) is 0 Å². The van der Waals surface area contributed by atoms with Gasteiger partial charge >= 0.3 is 11.9 Å². The van der Waals surface area contributed by atoms with Crippen LogP contribution in [0, 0.1) is 11.8 Å². The number of likely N-dealkylation sites (tertiary alicyclic amines) is 1. The molecule has 1 amide bonds. The number of aromatic nitrogens is 2. The Morgan fingerprint density at radius 3 is 2.40 bits per heavy atom. The van der Waals surface area contributed by atoms with E-state index >= 15 is 0 Å². The zero-order valence-corrected chi connectivity index (χ0v) is 10.5. The van der Waals surface area contributed by atoms with Gasteiger partial charge in [0.1, 0.15) is 5.69 Å². The summed E-state index contributed by atoms with van der Waals surface area (Å²) in [5.41, 5.74) is 0.116. The number of carbonyl (C=O) groups excluding carboxylic acids is 1. The van der Waals surface area contributed by atoms with Gasteiger partial charge < -0.3 is 15.1 Å². The molecule has 0 bridgehead atoms. The number of nitrogens with zero attached hydrogens (tertiary/aromatic N) is 3. The Balaban J connectivity index is 2.15. The average molecular weight is 279 g/mol. The molecule has 0 spiro atoms. The predicted octanol–water partition coefficient (Wildman–Crippen LogP) is -0.276. The molecule has 2 rings (SSSR count). The third kappa shape index (κ3) is 2.73. The lowest BCUT2D eigenvalue weighted by Crippen LogP contribution is -2.48. The molecule has 0 saturated carbocycles. The van der Waals surface area contributed by atoms with Crippen molar-refractivity contribution in [1.29, 1.82) is 0 Å². The smallest absolute Gasteiger partial charge is 0.309 e. The van der Waals surface area contributed by atoms with Gasteiger partial charge in [0.05, 0.1) is 18.0 Å². The van der Waals surface area contributed by atoms with Crippen LogP contribution in [-0.2, 0) is 9.59 Å². The van der Waals surface area contributed by atoms with Gasteiger partial charge in [-0.1, -0.05) is 0 Å². The summed E-state index contributed by atoms with van der Waals surface area (Å²) in [6, 6.07) is 0. The van der Waals surface area contributed by atoms with Crippen LogP contribution in [0.3, 0.4) is 0 Å². The molecule has 1 aliphatic heterocycles. The van der Waals surface area contributed by atoms with Crippen LogP contribution in [0.15, 0.2) is 18.6 Å². The van der Waals surface area contributed by atoms with E-state index in [1.807, 2.05) is 0 Å². The van der Waals surface area contributed by atoms with Crippen molar-refractivity contribution in [2.75, 3.05) is 13.1 Å². The number of piperidine rings is 1. The first-order valence-electron chi connectivity index (χ1n) is 6.01. The van der Waals surface area contributed by atoms with Crippen LogP contribution in [0.25, 0.3) is 0 Å². The van der Waals surface area contributed by atoms with Crippen LogP contribution >= 0.6 is 0 Å². The Kier molecular flexibility index (Phi) is 3.92. The number of hydrogen-bond acceptors (Lipinski definition) is 5. The molecule has 8 heteroatoms. The summed E-state index contributed by atoms with van der Waals surface area (Å²) in [5.74, 6) is -4.88. The number of rotatable bonds is 3. The molecule has 1 fully saturated rings. The second kappa shape index (κ2) is 5.64. The molecule has 1 aromatic heterocycles. The molecule has 2 unspecified atom stereocenters. The summed E-state index contributed by atoms with van der Waals surface area (Å²) in [6.07, 6.45) is 4.19. The van der Waals surface area contributed by atoms with E-state index in [2.05, 4.69) is 9.97 Å². The standard InChI is InChI=1S/C12H13N3O5/c16-10(9-5-13-2-3-14-9)15-4-1-7(11(17)18)8(6-15)12(19)20/h2-3,5,7-8H,1,4,6H2,(H,17,18)(H,19,20). The van der Waals surface area contributed by atoms with Gasteiger partial charge in [0, 0.05) is 25.5 Å². The highest BCUT2D eigenvalue weighted by molar-refractivity contribution is 5.92. The summed E-state index contributed by atoms with van der Waals surface area (Å²) in [4.78, 5) is 43.2. The first-order valence-corrected chi connectivity index (χ1v) is 6.01. The fourth-order valence-corrected chi connectivity index (χ4v) is 2.25. The Morgan fingerprint density at radius 1 is 1.15 bits per heavy atom. The monoisotopic (exact) mass is 279 g/mol. The maximum absolute atomic E-state index is 12.1. The third-order valence-corrected chi connectivity index (χ3v) is 3.32. The second-order valence-electron chi connectivity index (χ2n) is 4.52. The largest absolute Gasteiger partial charge is 0.481 e. The van der Waals surface area contributed by atoms with Crippen LogP contribution in [0.5, 0.6) is 0 Å². The molecule has 0 aromatic carbocycles. The minimum Gasteiger partial charge on any atom is -0.481 e. The molecule has 1 saturated heterocycles. The molecule has 2 heterocycles. The Hall–Kier alpha value is -2.51. The molecule has 2 N–H and O–H groups in total. The maximum atomic E-state index is 12.1. The fraction of sp³-hybridized carbons (Fsp3) is 0.417. The van der Waals surface area contributed by atoms with Gasteiger partial charge in [0.25, 0.3) is 5.91 Å². The van der Waals surface area contributed by atoms with Crippen LogP contribution in [-0.4, -0.2) is 56.0 Å². The van der Waals surface area contributed by atoms with Gasteiger partial charge in [0.2, 0.25) is 0 Å². The quantitative estimate of drug-likeness (QED) is 0.780. The van der Waals surface area contributed by atoms with E-state index in [1.165, 1.54) is 23.5 Å². The first kappa shape index (κ1) is 13.9. The van der Waals surface area contributed by atoms with Crippen molar-refractivity contribution in [3.05, 3.63) is 24.3 Å². The fourth-order valence-electron chi connectivity index (χ4n) is 2.25. The van der Waals surface area contributed by atoms with Gasteiger partial charge in [-0.2, -0.15) is 0 Å². The average Bonchev–Trinajstić information content (AvgIpc) is 2.46. The maximum Gasteiger partial charge on any atom is 0.309 e. The van der Waals surface area contributed by atoms with E-state index in [-0.39, 0.29) is 25.2 Å². The van der Waals surface area contributed by atoms with Gasteiger partial charge in [-0.25, -0.2) is 4.98 Å². The Labute approximate surface area is 114 Å². The van der Waals surface area contributed by atoms with Gasteiger partial charge in [-0.05, 0) is 6.42 Å². The highest BCUT2D eigenvalue weighted by atomic mass is 16.4. The summed E-state index contributed by atoms with van der Waals surface area (Å²) >= 11 is 0. The van der Waals surface area contributed by atoms with Gasteiger partial charge in [-0.15, -0.1) is 0 Å². The van der Waals surface area contributed by atoms with Gasteiger partial charge in [-0.3, -0.25) is 19.4 Å². The van der Waals surface area contributed by atoms with Crippen molar-refractivity contribution in [2.45, 2.75) is 6.42 Å². The highest BCUT2D eigenvalue weighted by Gasteiger charge is 2.40. The molecule has 106 valence electrons. The zero-order chi connectivity index (χ0) is 14.7. The lowest BCUT2D eigenvalue weighted by atomic mass is 9.85. The van der Waals surface area contributed by atoms with Crippen molar-refractivity contribution in [1.82, 2.24) is 14.9 Å². The van der Waals surface area contributed by atoms with Crippen molar-refractivity contribution in [2.24, 2.45) is 11.8 Å². The lowest BCUT2D eigenvalue weighted by molar-refractivity contribution is -0.156. The third-order valence-electron chi connectivity index (χ3n) is 3.32. The number of aliphatic carboxylic acids is 2. The SMILES string of the molecule is O=C(O)C1CCN(C(=O)c2cnccn2)CC1C(=O)O.